The van der Waals surface area contributed by atoms with Crippen molar-refractivity contribution in [2.45, 2.75) is 25.9 Å². The highest BCUT2D eigenvalue weighted by Crippen LogP contribution is 2.30. The zero-order chi connectivity index (χ0) is 17.8. The van der Waals surface area contributed by atoms with Crippen molar-refractivity contribution in [3.05, 3.63) is 39.9 Å². The lowest BCUT2D eigenvalue weighted by molar-refractivity contribution is -0.383. The number of nitrogens with zero attached hydrogens (tertiary/aromatic N) is 3. The molecule has 0 radical (unpaired) electrons. The van der Waals surface area contributed by atoms with Crippen LogP contribution in [0.25, 0.3) is 0 Å². The summed E-state index contributed by atoms with van der Waals surface area (Å²) in [4.78, 5) is 19.0. The Labute approximate surface area is 144 Å². The molecule has 132 valence electrons. The molecule has 9 heteroatoms. The van der Waals surface area contributed by atoms with Crippen LogP contribution in [0.3, 0.4) is 0 Å². The number of nitrogens with two attached hydrogens (primary N) is 1. The molecule has 1 saturated heterocycles. The van der Waals surface area contributed by atoms with Crippen LogP contribution in [0.15, 0.2) is 24.3 Å². The monoisotopic (exact) mass is 344 g/mol. The quantitative estimate of drug-likeness (QED) is 0.539. The van der Waals surface area contributed by atoms with Gasteiger partial charge < -0.3 is 21.1 Å². The summed E-state index contributed by atoms with van der Waals surface area (Å²) in [5.74, 6) is 0.0942. The van der Waals surface area contributed by atoms with Crippen LogP contribution in [0.2, 0.25) is 0 Å². The van der Waals surface area contributed by atoms with E-state index in [0.29, 0.717) is 13.2 Å². The van der Waals surface area contributed by atoms with Crippen LogP contribution in [0.1, 0.15) is 18.4 Å². The van der Waals surface area contributed by atoms with Gasteiger partial charge in [-0.05, 0) is 37.5 Å². The van der Waals surface area contributed by atoms with Gasteiger partial charge in [0.15, 0.2) is 0 Å². The fraction of sp³-hybridized carbons (Fsp3) is 0.375. The Bertz CT molecular complexity index is 776. The standard InChI is InChI=1S/C16H20N6O3/c1-10-4-2-5-11(8-10)19-16-20-14(17)13(22(23)24)15(21-16)18-9-12-6-3-7-25-12/h2,4-5,8,12H,3,6-7,9H2,1H3,(H4,17,18,19,20,21). The highest BCUT2D eigenvalue weighted by atomic mass is 16.6. The number of anilines is 4. The zero-order valence-corrected chi connectivity index (χ0v) is 13.9. The summed E-state index contributed by atoms with van der Waals surface area (Å²) >= 11 is 0. The molecule has 1 fully saturated rings. The number of nitrogen functional groups attached to an aromatic ring is 1. The van der Waals surface area contributed by atoms with Crippen molar-refractivity contribution in [1.29, 1.82) is 0 Å². The van der Waals surface area contributed by atoms with Gasteiger partial charge in [0.1, 0.15) is 0 Å². The maximum absolute atomic E-state index is 11.3. The highest BCUT2D eigenvalue weighted by molar-refractivity contribution is 5.71. The van der Waals surface area contributed by atoms with Gasteiger partial charge in [-0.15, -0.1) is 0 Å². The number of hydrogen-bond donors (Lipinski definition) is 3. The van der Waals surface area contributed by atoms with Crippen molar-refractivity contribution in [2.24, 2.45) is 0 Å². The number of ether oxygens (including phenoxy) is 1. The van der Waals surface area contributed by atoms with E-state index in [1.165, 1.54) is 0 Å². The van der Waals surface area contributed by atoms with E-state index in [9.17, 15) is 10.1 Å². The van der Waals surface area contributed by atoms with E-state index in [1.54, 1.807) is 0 Å². The van der Waals surface area contributed by atoms with Crippen molar-refractivity contribution < 1.29 is 9.66 Å². The highest BCUT2D eigenvalue weighted by Gasteiger charge is 2.24. The molecule has 25 heavy (non-hydrogen) atoms. The maximum Gasteiger partial charge on any atom is 0.353 e. The maximum atomic E-state index is 11.3. The molecule has 2 heterocycles. The normalized spacial score (nSPS) is 16.6. The molecule has 1 aliphatic heterocycles. The minimum Gasteiger partial charge on any atom is -0.378 e. The van der Waals surface area contributed by atoms with Gasteiger partial charge in [-0.3, -0.25) is 10.1 Å². The predicted octanol–water partition coefficient (Wildman–Crippen LogP) is 2.61. The Morgan fingerprint density at radius 1 is 1.44 bits per heavy atom. The smallest absolute Gasteiger partial charge is 0.353 e. The molecule has 0 aliphatic carbocycles. The van der Waals surface area contributed by atoms with Gasteiger partial charge in [-0.1, -0.05) is 12.1 Å². The van der Waals surface area contributed by atoms with E-state index in [0.717, 1.165) is 24.1 Å². The minimum atomic E-state index is -0.580. The number of aromatic nitrogens is 2. The number of nitro groups is 1. The molecular weight excluding hydrogens is 324 g/mol. The Hall–Kier alpha value is -2.94. The first-order valence-corrected chi connectivity index (χ1v) is 8.04. The van der Waals surface area contributed by atoms with Crippen molar-refractivity contribution in [3.63, 3.8) is 0 Å². The van der Waals surface area contributed by atoms with Crippen LogP contribution in [0.5, 0.6) is 0 Å². The second-order valence-electron chi connectivity index (χ2n) is 5.90. The summed E-state index contributed by atoms with van der Waals surface area (Å²) in [6, 6.07) is 7.63. The van der Waals surface area contributed by atoms with E-state index >= 15 is 0 Å². The van der Waals surface area contributed by atoms with Crippen LogP contribution in [0.4, 0.5) is 29.0 Å². The predicted molar refractivity (Wildman–Crippen MR) is 95.0 cm³/mol. The summed E-state index contributed by atoms with van der Waals surface area (Å²) < 4.78 is 5.52. The zero-order valence-electron chi connectivity index (χ0n) is 13.9. The molecule has 2 aromatic rings. The van der Waals surface area contributed by atoms with Crippen LogP contribution in [-0.4, -0.2) is 34.1 Å². The molecule has 1 unspecified atom stereocenters. The molecule has 3 rings (SSSR count). The lowest BCUT2D eigenvalue weighted by Crippen LogP contribution is -2.20. The summed E-state index contributed by atoms with van der Waals surface area (Å²) in [5.41, 5.74) is 7.30. The second-order valence-corrected chi connectivity index (χ2v) is 5.90. The topological polar surface area (TPSA) is 128 Å². The van der Waals surface area contributed by atoms with Gasteiger partial charge in [0, 0.05) is 18.8 Å². The van der Waals surface area contributed by atoms with Gasteiger partial charge in [0.05, 0.1) is 11.0 Å². The third kappa shape index (κ3) is 4.13. The second kappa shape index (κ2) is 7.31. The Kier molecular flexibility index (Phi) is 4.94. The number of hydrogen-bond acceptors (Lipinski definition) is 8. The van der Waals surface area contributed by atoms with Crippen molar-refractivity contribution in [2.75, 3.05) is 29.5 Å². The molecule has 1 aromatic carbocycles. The van der Waals surface area contributed by atoms with Gasteiger partial charge in [-0.25, -0.2) is 0 Å². The van der Waals surface area contributed by atoms with Crippen LogP contribution in [-0.2, 0) is 4.74 Å². The molecule has 9 nitrogen and oxygen atoms in total. The van der Waals surface area contributed by atoms with Crippen LogP contribution >= 0.6 is 0 Å². The molecule has 0 bridgehead atoms. The SMILES string of the molecule is Cc1cccc(Nc2nc(N)c([N+](=O)[O-])c(NCC3CCCO3)n2)c1. The first kappa shape index (κ1) is 16.9. The molecule has 1 atom stereocenters. The third-order valence-corrected chi connectivity index (χ3v) is 3.89. The fourth-order valence-electron chi connectivity index (χ4n) is 2.70. The van der Waals surface area contributed by atoms with Gasteiger partial charge in [0.25, 0.3) is 0 Å². The van der Waals surface area contributed by atoms with Gasteiger partial charge >= 0.3 is 5.69 Å². The minimum absolute atomic E-state index is 0.0176. The molecule has 0 spiro atoms. The van der Waals surface area contributed by atoms with Gasteiger partial charge in [0.2, 0.25) is 17.6 Å². The summed E-state index contributed by atoms with van der Waals surface area (Å²) in [5, 5.41) is 17.3. The van der Waals surface area contributed by atoms with E-state index in [1.807, 2.05) is 31.2 Å². The molecule has 1 aliphatic rings. The average molecular weight is 344 g/mol. The summed E-state index contributed by atoms with van der Waals surface area (Å²) in [7, 11) is 0. The van der Waals surface area contributed by atoms with E-state index in [-0.39, 0.29) is 29.4 Å². The lowest BCUT2D eigenvalue weighted by Gasteiger charge is -2.13. The van der Waals surface area contributed by atoms with E-state index < -0.39 is 4.92 Å². The van der Waals surface area contributed by atoms with Crippen molar-refractivity contribution >= 4 is 29.0 Å². The average Bonchev–Trinajstić information content (AvgIpc) is 3.05. The Balaban J connectivity index is 1.85. The number of rotatable bonds is 6. The number of nitrogens with one attached hydrogen (secondary N) is 2. The van der Waals surface area contributed by atoms with Crippen molar-refractivity contribution in [1.82, 2.24) is 9.97 Å². The largest absolute Gasteiger partial charge is 0.378 e. The number of aryl methyl sites for hydroxylation is 1. The Morgan fingerprint density at radius 3 is 2.96 bits per heavy atom. The molecular formula is C16H20N6O3. The van der Waals surface area contributed by atoms with E-state index in [4.69, 9.17) is 10.5 Å². The molecule has 0 saturated carbocycles. The summed E-state index contributed by atoms with van der Waals surface area (Å²) in [6.45, 7) is 3.10. The molecule has 0 amide bonds. The molecule has 1 aromatic heterocycles. The van der Waals surface area contributed by atoms with E-state index in [2.05, 4.69) is 20.6 Å². The lowest BCUT2D eigenvalue weighted by atomic mass is 10.2. The van der Waals surface area contributed by atoms with Crippen molar-refractivity contribution in [3.8, 4) is 0 Å². The summed E-state index contributed by atoms with van der Waals surface area (Å²) in [6.07, 6.45) is 1.92. The third-order valence-electron chi connectivity index (χ3n) is 3.89. The number of benzene rings is 1. The van der Waals surface area contributed by atoms with Crippen LogP contribution < -0.4 is 16.4 Å². The first-order valence-electron chi connectivity index (χ1n) is 8.04. The fourth-order valence-corrected chi connectivity index (χ4v) is 2.70. The molecule has 4 N–H and O–H groups in total. The Morgan fingerprint density at radius 2 is 2.28 bits per heavy atom. The van der Waals surface area contributed by atoms with Crippen LogP contribution in [0, 0.1) is 17.0 Å². The van der Waals surface area contributed by atoms with Gasteiger partial charge in [-0.2, -0.15) is 9.97 Å². The first-order chi connectivity index (χ1) is 12.0.